The van der Waals surface area contributed by atoms with Gasteiger partial charge in [-0.1, -0.05) is 0 Å². The van der Waals surface area contributed by atoms with E-state index in [2.05, 4.69) is 15.3 Å². The quantitative estimate of drug-likeness (QED) is 0.775. The van der Waals surface area contributed by atoms with Gasteiger partial charge in [0.05, 0.1) is 24.2 Å². The Morgan fingerprint density at radius 3 is 3.32 bits per heavy atom. The van der Waals surface area contributed by atoms with Crippen LogP contribution in [-0.4, -0.2) is 15.0 Å². The van der Waals surface area contributed by atoms with Crippen molar-refractivity contribution in [2.75, 3.05) is 0 Å². The minimum absolute atomic E-state index is 0.337. The van der Waals surface area contributed by atoms with Gasteiger partial charge >= 0.3 is 0 Å². The Labute approximate surface area is 114 Å². The Bertz CT molecular complexity index is 683. The molecule has 0 saturated carbocycles. The van der Waals surface area contributed by atoms with Crippen LogP contribution in [0.3, 0.4) is 0 Å². The minimum atomic E-state index is 0.337. The molecule has 3 heterocycles. The summed E-state index contributed by atoms with van der Waals surface area (Å²) in [7, 11) is 0. The fourth-order valence-corrected chi connectivity index (χ4v) is 3.62. The predicted octanol–water partition coefficient (Wildman–Crippen LogP) is 3.59. The minimum Gasteiger partial charge on any atom is -0.463 e. The Balaban J connectivity index is 1.71. The second-order valence-electron chi connectivity index (χ2n) is 4.76. The number of aryl methyl sites for hydroxylation is 1. The van der Waals surface area contributed by atoms with Crippen LogP contribution in [0.25, 0.3) is 11.5 Å². The van der Waals surface area contributed by atoms with Gasteiger partial charge in [-0.25, -0.2) is 9.97 Å². The van der Waals surface area contributed by atoms with E-state index in [0.29, 0.717) is 5.92 Å². The van der Waals surface area contributed by atoms with Crippen LogP contribution >= 0.6 is 11.3 Å². The zero-order valence-corrected chi connectivity index (χ0v) is 11.1. The molecule has 0 radical (unpaired) electrons. The Morgan fingerprint density at radius 1 is 1.42 bits per heavy atom. The Kier molecular flexibility index (Phi) is 2.51. The zero-order chi connectivity index (χ0) is 12.7. The summed E-state index contributed by atoms with van der Waals surface area (Å²) in [6.07, 6.45) is 6.89. The molecule has 0 saturated heterocycles. The number of hydrogen-bond donors (Lipinski definition) is 1. The molecule has 4 nitrogen and oxygen atoms in total. The summed E-state index contributed by atoms with van der Waals surface area (Å²) in [5.41, 5.74) is 3.37. The smallest absolute Gasteiger partial charge is 0.153 e. The lowest BCUT2D eigenvalue weighted by Crippen LogP contribution is -2.10. The summed E-state index contributed by atoms with van der Waals surface area (Å²) in [5, 5.41) is 3.20. The molecule has 1 aliphatic rings. The molecular formula is C14H13N3OS. The van der Waals surface area contributed by atoms with Crippen LogP contribution in [0.2, 0.25) is 0 Å². The van der Waals surface area contributed by atoms with Crippen LogP contribution in [0.4, 0.5) is 0 Å². The van der Waals surface area contributed by atoms with Crippen molar-refractivity contribution in [1.29, 1.82) is 0 Å². The van der Waals surface area contributed by atoms with Gasteiger partial charge in [0, 0.05) is 11.1 Å². The largest absolute Gasteiger partial charge is 0.463 e. The van der Waals surface area contributed by atoms with Gasteiger partial charge in [-0.15, -0.1) is 11.3 Å². The maximum absolute atomic E-state index is 5.40. The molecule has 3 aromatic heterocycles. The van der Waals surface area contributed by atoms with Crippen LogP contribution in [-0.2, 0) is 6.42 Å². The first-order valence-corrected chi connectivity index (χ1v) is 7.31. The highest BCUT2D eigenvalue weighted by molar-refractivity contribution is 7.10. The molecule has 0 amide bonds. The molecule has 0 bridgehead atoms. The lowest BCUT2D eigenvalue weighted by molar-refractivity contribution is 0.577. The van der Waals surface area contributed by atoms with Gasteiger partial charge < -0.3 is 9.40 Å². The van der Waals surface area contributed by atoms with E-state index in [0.717, 1.165) is 29.3 Å². The van der Waals surface area contributed by atoms with E-state index < -0.39 is 0 Å². The standard InChI is InChI=1S/C14H13N3OS/c1-3-9(13-10(4-1)15-8-16-13)14-17-11(7-19-14)12-5-2-6-18-12/h2,5-9H,1,3-4H2,(H,15,16). The number of nitrogens with one attached hydrogen (secondary N) is 1. The van der Waals surface area contributed by atoms with Crippen molar-refractivity contribution >= 4 is 11.3 Å². The highest BCUT2D eigenvalue weighted by atomic mass is 32.1. The van der Waals surface area contributed by atoms with Gasteiger partial charge in [0.1, 0.15) is 10.7 Å². The number of aromatic amines is 1. The van der Waals surface area contributed by atoms with Crippen LogP contribution in [0, 0.1) is 0 Å². The predicted molar refractivity (Wildman–Crippen MR) is 73.2 cm³/mol. The van der Waals surface area contributed by atoms with Gasteiger partial charge in [-0.2, -0.15) is 0 Å². The topological polar surface area (TPSA) is 54.7 Å². The van der Waals surface area contributed by atoms with Crippen molar-refractivity contribution in [2.45, 2.75) is 25.2 Å². The van der Waals surface area contributed by atoms with Crippen LogP contribution in [0.5, 0.6) is 0 Å². The zero-order valence-electron chi connectivity index (χ0n) is 10.3. The number of hydrogen-bond acceptors (Lipinski definition) is 4. The van der Waals surface area contributed by atoms with Gasteiger partial charge in [0.2, 0.25) is 0 Å². The molecule has 96 valence electrons. The summed E-state index contributed by atoms with van der Waals surface area (Å²) >= 11 is 1.70. The molecule has 3 aromatic rings. The van der Waals surface area contributed by atoms with Crippen molar-refractivity contribution in [1.82, 2.24) is 15.0 Å². The molecule has 1 unspecified atom stereocenters. The van der Waals surface area contributed by atoms with E-state index in [1.165, 1.54) is 17.8 Å². The molecule has 5 heteroatoms. The Morgan fingerprint density at radius 2 is 2.42 bits per heavy atom. The number of fused-ring (bicyclic) bond motifs is 1. The fraction of sp³-hybridized carbons (Fsp3) is 0.286. The molecule has 4 rings (SSSR count). The number of rotatable bonds is 2. The third-order valence-corrected chi connectivity index (χ3v) is 4.55. The average molecular weight is 271 g/mol. The number of furan rings is 1. The third-order valence-electron chi connectivity index (χ3n) is 3.59. The number of H-pyrrole nitrogens is 1. The normalized spacial score (nSPS) is 18.4. The van der Waals surface area contributed by atoms with Crippen molar-refractivity contribution < 1.29 is 4.42 Å². The molecule has 1 atom stereocenters. The third kappa shape index (κ3) is 1.81. The summed E-state index contributed by atoms with van der Waals surface area (Å²) in [5.74, 6) is 1.17. The number of aromatic nitrogens is 3. The maximum atomic E-state index is 5.40. The van der Waals surface area contributed by atoms with Crippen molar-refractivity contribution in [3.05, 3.63) is 46.5 Å². The van der Waals surface area contributed by atoms with E-state index in [1.807, 2.05) is 12.1 Å². The van der Waals surface area contributed by atoms with Gasteiger partial charge in [-0.3, -0.25) is 0 Å². The van der Waals surface area contributed by atoms with Crippen molar-refractivity contribution in [3.63, 3.8) is 0 Å². The molecule has 0 aliphatic heterocycles. The number of nitrogens with zero attached hydrogens (tertiary/aromatic N) is 2. The van der Waals surface area contributed by atoms with Gasteiger partial charge in [0.15, 0.2) is 5.76 Å². The van der Waals surface area contributed by atoms with E-state index >= 15 is 0 Å². The monoisotopic (exact) mass is 271 g/mol. The molecule has 1 N–H and O–H groups in total. The molecule has 0 aromatic carbocycles. The van der Waals surface area contributed by atoms with Gasteiger partial charge in [0.25, 0.3) is 0 Å². The molecule has 0 spiro atoms. The molecular weight excluding hydrogens is 258 g/mol. The molecule has 0 fully saturated rings. The summed E-state index contributed by atoms with van der Waals surface area (Å²) in [6.45, 7) is 0. The average Bonchev–Trinajstić information content (AvgIpc) is 3.18. The lowest BCUT2D eigenvalue weighted by atomic mass is 9.90. The van der Waals surface area contributed by atoms with Crippen LogP contribution < -0.4 is 0 Å². The first-order valence-electron chi connectivity index (χ1n) is 6.43. The van der Waals surface area contributed by atoms with E-state index in [9.17, 15) is 0 Å². The Hall–Kier alpha value is -1.88. The number of imidazole rings is 1. The fourth-order valence-electron chi connectivity index (χ4n) is 2.68. The van der Waals surface area contributed by atoms with Crippen LogP contribution in [0.15, 0.2) is 34.5 Å². The van der Waals surface area contributed by atoms with Crippen LogP contribution in [0.1, 0.15) is 35.2 Å². The maximum Gasteiger partial charge on any atom is 0.153 e. The van der Waals surface area contributed by atoms with Crippen molar-refractivity contribution in [3.8, 4) is 11.5 Å². The molecule has 1 aliphatic carbocycles. The van der Waals surface area contributed by atoms with E-state index in [-0.39, 0.29) is 0 Å². The summed E-state index contributed by atoms with van der Waals surface area (Å²) < 4.78 is 5.40. The SMILES string of the molecule is c1coc(-c2csc(C3CCCc4[nH]cnc43)n2)c1. The highest BCUT2D eigenvalue weighted by Gasteiger charge is 2.26. The first kappa shape index (κ1) is 11.0. The highest BCUT2D eigenvalue weighted by Crippen LogP contribution is 2.37. The second kappa shape index (κ2) is 4.35. The summed E-state index contributed by atoms with van der Waals surface area (Å²) in [6, 6.07) is 3.83. The van der Waals surface area contributed by atoms with E-state index in [4.69, 9.17) is 9.40 Å². The molecule has 19 heavy (non-hydrogen) atoms. The number of thiazole rings is 1. The van der Waals surface area contributed by atoms with E-state index in [1.54, 1.807) is 23.9 Å². The second-order valence-corrected chi connectivity index (χ2v) is 5.65. The lowest BCUT2D eigenvalue weighted by Gasteiger charge is -2.18. The van der Waals surface area contributed by atoms with Gasteiger partial charge in [-0.05, 0) is 31.4 Å². The van der Waals surface area contributed by atoms with Crippen molar-refractivity contribution in [2.24, 2.45) is 0 Å². The summed E-state index contributed by atoms with van der Waals surface area (Å²) in [4.78, 5) is 12.4. The first-order chi connectivity index (χ1) is 9.42.